The summed E-state index contributed by atoms with van der Waals surface area (Å²) in [5, 5.41) is 21.8. The summed E-state index contributed by atoms with van der Waals surface area (Å²) in [6.45, 7) is 6.04. The Balaban J connectivity index is 2.12. The van der Waals surface area contributed by atoms with Gasteiger partial charge in [0, 0.05) is 23.8 Å². The Hall–Kier alpha value is -2.88. The van der Waals surface area contributed by atoms with E-state index in [1.54, 1.807) is 0 Å². The van der Waals surface area contributed by atoms with E-state index in [1.165, 1.54) is 12.4 Å². The molecule has 4 heteroatoms. The first-order chi connectivity index (χ1) is 12.2. The molecule has 1 atom stereocenters. The van der Waals surface area contributed by atoms with Crippen molar-refractivity contribution in [3.8, 4) is 0 Å². The molecule has 130 valence electrons. The summed E-state index contributed by atoms with van der Waals surface area (Å²) in [6, 6.07) is 16.0. The van der Waals surface area contributed by atoms with E-state index in [4.69, 9.17) is 10.8 Å². The molecule has 0 saturated heterocycles. The van der Waals surface area contributed by atoms with Crippen LogP contribution >= 0.6 is 0 Å². The highest BCUT2D eigenvalue weighted by atomic mass is 15.1. The topological polar surface area (TPSA) is 71.8 Å². The van der Waals surface area contributed by atoms with Crippen LogP contribution in [0.4, 0.5) is 11.4 Å². The molecule has 0 saturated carbocycles. The highest BCUT2D eigenvalue weighted by Gasteiger charge is 2.10. The largest absolute Gasteiger partial charge is 0.365 e. The van der Waals surface area contributed by atoms with E-state index in [9.17, 15) is 0 Å². The zero-order valence-corrected chi connectivity index (χ0v) is 14.6. The van der Waals surface area contributed by atoms with Crippen molar-refractivity contribution in [2.24, 2.45) is 0 Å². The SMILES string of the molecule is C=Cc1ccccc1NC(CCC)Nc1ccc(C(C=N)C=N)cc1. The first-order valence-electron chi connectivity index (χ1n) is 8.57. The number of para-hydroxylation sites is 1. The molecule has 2 aromatic rings. The smallest absolute Gasteiger partial charge is 0.0963 e. The monoisotopic (exact) mass is 334 g/mol. The van der Waals surface area contributed by atoms with Crippen LogP contribution in [-0.4, -0.2) is 18.6 Å². The average Bonchev–Trinajstić information content (AvgIpc) is 2.65. The molecule has 0 aliphatic carbocycles. The third-order valence-corrected chi connectivity index (χ3v) is 4.08. The fraction of sp³-hybridized carbons (Fsp3) is 0.238. The van der Waals surface area contributed by atoms with Crippen LogP contribution in [0.25, 0.3) is 6.08 Å². The molecule has 4 nitrogen and oxygen atoms in total. The van der Waals surface area contributed by atoms with Gasteiger partial charge in [-0.15, -0.1) is 0 Å². The maximum atomic E-state index is 7.37. The van der Waals surface area contributed by atoms with Crippen LogP contribution in [0.15, 0.2) is 55.1 Å². The predicted octanol–water partition coefficient (Wildman–Crippen LogP) is 5.36. The van der Waals surface area contributed by atoms with E-state index in [0.717, 1.165) is 35.3 Å². The van der Waals surface area contributed by atoms with E-state index in [1.807, 2.05) is 48.5 Å². The van der Waals surface area contributed by atoms with Gasteiger partial charge in [0.05, 0.1) is 12.1 Å². The van der Waals surface area contributed by atoms with Crippen LogP contribution in [0.5, 0.6) is 0 Å². The summed E-state index contributed by atoms with van der Waals surface area (Å²) in [6.07, 6.45) is 6.57. The van der Waals surface area contributed by atoms with Gasteiger partial charge < -0.3 is 21.5 Å². The molecule has 1 unspecified atom stereocenters. The van der Waals surface area contributed by atoms with Crippen LogP contribution in [0.1, 0.15) is 36.8 Å². The Morgan fingerprint density at radius 3 is 2.28 bits per heavy atom. The van der Waals surface area contributed by atoms with Gasteiger partial charge in [-0.2, -0.15) is 0 Å². The number of hydrogen-bond donors (Lipinski definition) is 4. The highest BCUT2D eigenvalue weighted by Crippen LogP contribution is 2.21. The highest BCUT2D eigenvalue weighted by molar-refractivity contribution is 5.87. The molecule has 2 aromatic carbocycles. The lowest BCUT2D eigenvalue weighted by atomic mass is 10.0. The molecule has 0 fully saturated rings. The van der Waals surface area contributed by atoms with Crippen LogP contribution in [0.2, 0.25) is 0 Å². The zero-order chi connectivity index (χ0) is 18.1. The first kappa shape index (κ1) is 18.5. The van der Waals surface area contributed by atoms with Crippen molar-refractivity contribution in [3.63, 3.8) is 0 Å². The molecule has 0 heterocycles. The average molecular weight is 334 g/mol. The summed E-state index contributed by atoms with van der Waals surface area (Å²) in [7, 11) is 0. The van der Waals surface area contributed by atoms with Gasteiger partial charge in [-0.1, -0.05) is 56.3 Å². The van der Waals surface area contributed by atoms with Gasteiger partial charge in [0.25, 0.3) is 0 Å². The fourth-order valence-corrected chi connectivity index (χ4v) is 2.71. The summed E-state index contributed by atoms with van der Waals surface area (Å²) in [5.74, 6) is -0.252. The van der Waals surface area contributed by atoms with Crippen molar-refractivity contribution in [1.29, 1.82) is 10.8 Å². The molecule has 0 bridgehead atoms. The quantitative estimate of drug-likeness (QED) is 0.349. The maximum Gasteiger partial charge on any atom is 0.0963 e. The summed E-state index contributed by atoms with van der Waals surface area (Å²) >= 11 is 0. The van der Waals surface area contributed by atoms with Crippen LogP contribution in [0, 0.1) is 10.8 Å². The van der Waals surface area contributed by atoms with Gasteiger partial charge in [-0.3, -0.25) is 0 Å². The van der Waals surface area contributed by atoms with E-state index < -0.39 is 0 Å². The second kappa shape index (κ2) is 9.42. The lowest BCUT2D eigenvalue weighted by molar-refractivity contribution is 0.702. The zero-order valence-electron chi connectivity index (χ0n) is 14.6. The predicted molar refractivity (Wildman–Crippen MR) is 109 cm³/mol. The molecule has 0 spiro atoms. The Bertz CT molecular complexity index is 698. The van der Waals surface area contributed by atoms with Crippen molar-refractivity contribution in [3.05, 3.63) is 66.2 Å². The molecular weight excluding hydrogens is 308 g/mol. The van der Waals surface area contributed by atoms with Gasteiger partial charge >= 0.3 is 0 Å². The molecule has 0 aliphatic rings. The van der Waals surface area contributed by atoms with Gasteiger partial charge in [-0.05, 0) is 35.7 Å². The van der Waals surface area contributed by atoms with Crippen molar-refractivity contribution in [2.75, 3.05) is 10.6 Å². The van der Waals surface area contributed by atoms with E-state index in [2.05, 4.69) is 30.2 Å². The standard InChI is InChI=1S/C21H26N4/c1-3-7-21(25-20-9-6-5-8-16(20)4-2)24-19-12-10-17(11-13-19)18(14-22)15-23/h4-6,8-15,18,21-25H,2-3,7H2,1H3. The number of rotatable bonds is 10. The van der Waals surface area contributed by atoms with Crippen LogP contribution < -0.4 is 10.6 Å². The third-order valence-electron chi connectivity index (χ3n) is 4.08. The number of benzene rings is 2. The lowest BCUT2D eigenvalue weighted by Crippen LogP contribution is -2.28. The summed E-state index contributed by atoms with van der Waals surface area (Å²) < 4.78 is 0. The summed E-state index contributed by atoms with van der Waals surface area (Å²) in [5.41, 5.74) is 4.11. The number of hydrogen-bond acceptors (Lipinski definition) is 4. The molecule has 0 radical (unpaired) electrons. The van der Waals surface area contributed by atoms with Gasteiger partial charge in [0.2, 0.25) is 0 Å². The van der Waals surface area contributed by atoms with Gasteiger partial charge in [0.1, 0.15) is 0 Å². The molecule has 2 rings (SSSR count). The number of nitrogens with one attached hydrogen (secondary N) is 4. The first-order valence-corrected chi connectivity index (χ1v) is 8.57. The molecule has 25 heavy (non-hydrogen) atoms. The second-order valence-electron chi connectivity index (χ2n) is 5.90. The molecule has 0 amide bonds. The van der Waals surface area contributed by atoms with Crippen molar-refractivity contribution < 1.29 is 0 Å². The number of anilines is 2. The fourth-order valence-electron chi connectivity index (χ4n) is 2.71. The molecular formula is C21H26N4. The van der Waals surface area contributed by atoms with E-state index in [0.29, 0.717) is 0 Å². The van der Waals surface area contributed by atoms with Crippen LogP contribution in [-0.2, 0) is 0 Å². The molecule has 4 N–H and O–H groups in total. The Labute approximate surface area is 150 Å². The second-order valence-corrected chi connectivity index (χ2v) is 5.90. The van der Waals surface area contributed by atoms with Gasteiger partial charge in [0.15, 0.2) is 0 Å². The van der Waals surface area contributed by atoms with Gasteiger partial charge in [-0.25, -0.2) is 0 Å². The minimum Gasteiger partial charge on any atom is -0.365 e. The summed E-state index contributed by atoms with van der Waals surface area (Å²) in [4.78, 5) is 0. The molecule has 0 aliphatic heterocycles. The van der Waals surface area contributed by atoms with Crippen molar-refractivity contribution >= 4 is 29.9 Å². The lowest BCUT2D eigenvalue weighted by Gasteiger charge is -2.23. The molecule has 0 aromatic heterocycles. The minimum atomic E-state index is -0.252. The Morgan fingerprint density at radius 2 is 1.68 bits per heavy atom. The Kier molecular flexibility index (Phi) is 6.96. The third kappa shape index (κ3) is 5.05. The van der Waals surface area contributed by atoms with E-state index >= 15 is 0 Å². The maximum absolute atomic E-state index is 7.37. The van der Waals surface area contributed by atoms with Crippen LogP contribution in [0.3, 0.4) is 0 Å². The Morgan fingerprint density at radius 1 is 1.00 bits per heavy atom. The van der Waals surface area contributed by atoms with Crippen molar-refractivity contribution in [2.45, 2.75) is 31.8 Å². The normalized spacial score (nSPS) is 12.7. The minimum absolute atomic E-state index is 0.109. The van der Waals surface area contributed by atoms with E-state index in [-0.39, 0.29) is 12.1 Å². The van der Waals surface area contributed by atoms with Crippen molar-refractivity contribution in [1.82, 2.24) is 0 Å².